The van der Waals surface area contributed by atoms with E-state index in [1.54, 1.807) is 4.90 Å². The number of anilines is 2. The number of hydrogen-bond acceptors (Lipinski definition) is 5. The first-order valence-electron chi connectivity index (χ1n) is 10.4. The van der Waals surface area contributed by atoms with Gasteiger partial charge in [-0.25, -0.2) is 14.8 Å². The second kappa shape index (κ2) is 8.30. The smallest absolute Gasteiger partial charge is 0.405 e. The number of hydrogen-bond donors (Lipinski definition) is 2. The van der Waals surface area contributed by atoms with Gasteiger partial charge in [0.05, 0.1) is 6.04 Å². The average molecular weight is 409 g/mol. The number of carbonyl (C=O) groups is 2. The van der Waals surface area contributed by atoms with Crippen molar-refractivity contribution in [2.75, 3.05) is 22.9 Å². The Morgan fingerprint density at radius 2 is 1.80 bits per heavy atom. The number of nitrogens with zero attached hydrogens (tertiary/aromatic N) is 4. The molecule has 30 heavy (non-hydrogen) atoms. The van der Waals surface area contributed by atoms with E-state index in [2.05, 4.69) is 20.2 Å². The van der Waals surface area contributed by atoms with E-state index in [0.29, 0.717) is 6.42 Å². The minimum atomic E-state index is -1.07. The molecule has 0 aliphatic carbocycles. The highest BCUT2D eigenvalue weighted by atomic mass is 16.4. The molecule has 8 heteroatoms. The Kier molecular flexibility index (Phi) is 5.57. The molecule has 2 aliphatic rings. The zero-order valence-corrected chi connectivity index (χ0v) is 17.3. The molecule has 3 heterocycles. The molecule has 8 nitrogen and oxygen atoms in total. The van der Waals surface area contributed by atoms with Crippen molar-refractivity contribution in [2.24, 2.45) is 0 Å². The third-order valence-electron chi connectivity index (χ3n) is 5.93. The summed E-state index contributed by atoms with van der Waals surface area (Å²) in [5.41, 5.74) is 3.30. The van der Waals surface area contributed by atoms with Crippen LogP contribution in [0.5, 0.6) is 0 Å². The van der Waals surface area contributed by atoms with Crippen molar-refractivity contribution in [1.82, 2.24) is 15.3 Å². The molecule has 0 bridgehead atoms. The maximum atomic E-state index is 12.2. The van der Waals surface area contributed by atoms with E-state index in [0.717, 1.165) is 41.4 Å². The molecule has 1 aromatic heterocycles. The lowest BCUT2D eigenvalue weighted by atomic mass is 9.89. The van der Waals surface area contributed by atoms with Crippen LogP contribution in [-0.4, -0.2) is 46.2 Å². The molecule has 1 aromatic carbocycles. The molecule has 2 aromatic rings. The predicted octanol–water partition coefficient (Wildman–Crippen LogP) is 3.59. The molecule has 158 valence electrons. The predicted molar refractivity (Wildman–Crippen MR) is 115 cm³/mol. The fraction of sp³-hybridized carbons (Fsp3) is 0.455. The van der Waals surface area contributed by atoms with Gasteiger partial charge in [0.15, 0.2) is 0 Å². The van der Waals surface area contributed by atoms with E-state index in [4.69, 9.17) is 0 Å². The Hall–Kier alpha value is -3.16. The van der Waals surface area contributed by atoms with Crippen LogP contribution in [0, 0.1) is 0 Å². The monoisotopic (exact) mass is 409 g/mol. The van der Waals surface area contributed by atoms with Crippen LogP contribution >= 0.6 is 0 Å². The van der Waals surface area contributed by atoms with E-state index in [1.165, 1.54) is 26.2 Å². The first kappa shape index (κ1) is 20.1. The third kappa shape index (κ3) is 3.94. The number of aromatic nitrogens is 2. The summed E-state index contributed by atoms with van der Waals surface area (Å²) >= 11 is 0. The van der Waals surface area contributed by atoms with Crippen molar-refractivity contribution in [3.05, 3.63) is 36.2 Å². The summed E-state index contributed by atoms with van der Waals surface area (Å²) in [6.45, 7) is 5.44. The number of benzene rings is 1. The van der Waals surface area contributed by atoms with Crippen molar-refractivity contribution >= 4 is 23.6 Å². The van der Waals surface area contributed by atoms with E-state index in [9.17, 15) is 14.7 Å². The molecule has 0 saturated carbocycles. The number of amides is 2. The summed E-state index contributed by atoms with van der Waals surface area (Å²) in [6, 6.07) is 5.29. The van der Waals surface area contributed by atoms with E-state index >= 15 is 0 Å². The molecule has 1 saturated heterocycles. The number of piperidine rings is 1. The van der Waals surface area contributed by atoms with Gasteiger partial charge < -0.3 is 20.2 Å². The van der Waals surface area contributed by atoms with Crippen LogP contribution in [0.4, 0.5) is 16.4 Å². The highest BCUT2D eigenvalue weighted by molar-refractivity contribution is 5.94. The van der Waals surface area contributed by atoms with Gasteiger partial charge in [-0.2, -0.15) is 0 Å². The van der Waals surface area contributed by atoms with Crippen LogP contribution in [0.15, 0.2) is 30.6 Å². The number of rotatable bonds is 3. The minimum Gasteiger partial charge on any atom is -0.465 e. The highest BCUT2D eigenvalue weighted by Gasteiger charge is 2.33. The van der Waals surface area contributed by atoms with Crippen LogP contribution in [0.1, 0.15) is 51.1 Å². The Morgan fingerprint density at radius 1 is 1.10 bits per heavy atom. The topological polar surface area (TPSA) is 98.7 Å². The fourth-order valence-corrected chi connectivity index (χ4v) is 4.54. The first-order valence-corrected chi connectivity index (χ1v) is 10.4. The molecule has 2 N–H and O–H groups in total. The van der Waals surface area contributed by atoms with Crippen molar-refractivity contribution in [3.63, 3.8) is 0 Å². The molecule has 0 radical (unpaired) electrons. The van der Waals surface area contributed by atoms with Gasteiger partial charge in [-0.15, -0.1) is 0 Å². The SMILES string of the molecule is CC(=O)N1c2ccc(-c3cnc(N4CCCCC4)nc3)cc2[C@@H](NC(=O)O)C[C@H]1C. The minimum absolute atomic E-state index is 0.0560. The van der Waals surface area contributed by atoms with Crippen LogP contribution in [0.3, 0.4) is 0 Å². The van der Waals surface area contributed by atoms with Gasteiger partial charge in [0, 0.05) is 49.7 Å². The van der Waals surface area contributed by atoms with Crippen molar-refractivity contribution in [2.45, 2.75) is 51.6 Å². The van der Waals surface area contributed by atoms with Crippen LogP contribution in [-0.2, 0) is 4.79 Å². The van der Waals surface area contributed by atoms with Gasteiger partial charge in [0.25, 0.3) is 0 Å². The van der Waals surface area contributed by atoms with Crippen LogP contribution in [0.2, 0.25) is 0 Å². The lowest BCUT2D eigenvalue weighted by Crippen LogP contribution is -2.45. The lowest BCUT2D eigenvalue weighted by molar-refractivity contribution is -0.117. The largest absolute Gasteiger partial charge is 0.465 e. The van der Waals surface area contributed by atoms with E-state index in [1.807, 2.05) is 37.5 Å². The van der Waals surface area contributed by atoms with Gasteiger partial charge in [-0.1, -0.05) is 6.07 Å². The lowest BCUT2D eigenvalue weighted by Gasteiger charge is -2.39. The standard InChI is InChI=1S/C22H27N5O3/c1-14-10-19(25-22(29)30)18-11-16(6-7-20(18)27(14)15(2)28)17-12-23-21(24-13-17)26-8-4-3-5-9-26/h6-7,11-14,19,25H,3-5,8-10H2,1-2H3,(H,29,30)/t14-,19+/m1/s1. The zero-order valence-electron chi connectivity index (χ0n) is 17.3. The normalized spacial score (nSPS) is 21.1. The molecular weight excluding hydrogens is 382 g/mol. The molecule has 0 unspecified atom stereocenters. The van der Waals surface area contributed by atoms with Gasteiger partial charge in [0.1, 0.15) is 0 Å². The van der Waals surface area contributed by atoms with E-state index in [-0.39, 0.29) is 18.0 Å². The van der Waals surface area contributed by atoms with Crippen molar-refractivity contribution < 1.29 is 14.7 Å². The molecule has 2 amide bonds. The van der Waals surface area contributed by atoms with Crippen molar-refractivity contribution in [3.8, 4) is 11.1 Å². The molecule has 2 aliphatic heterocycles. The molecular formula is C22H27N5O3. The summed E-state index contributed by atoms with van der Waals surface area (Å²) < 4.78 is 0. The van der Waals surface area contributed by atoms with Gasteiger partial charge >= 0.3 is 6.09 Å². The Bertz CT molecular complexity index is 940. The summed E-state index contributed by atoms with van der Waals surface area (Å²) in [6.07, 6.45) is 6.66. The quantitative estimate of drug-likeness (QED) is 0.804. The Balaban J connectivity index is 1.67. The van der Waals surface area contributed by atoms with E-state index < -0.39 is 6.09 Å². The fourth-order valence-electron chi connectivity index (χ4n) is 4.54. The zero-order chi connectivity index (χ0) is 21.3. The first-order chi connectivity index (χ1) is 14.4. The van der Waals surface area contributed by atoms with Crippen LogP contribution in [0.25, 0.3) is 11.1 Å². The molecule has 0 spiro atoms. The van der Waals surface area contributed by atoms with Crippen molar-refractivity contribution in [1.29, 1.82) is 0 Å². The number of carboxylic acid groups (broad SMARTS) is 1. The highest BCUT2D eigenvalue weighted by Crippen LogP contribution is 2.39. The summed E-state index contributed by atoms with van der Waals surface area (Å²) in [7, 11) is 0. The van der Waals surface area contributed by atoms with Crippen LogP contribution < -0.4 is 15.1 Å². The summed E-state index contributed by atoms with van der Waals surface area (Å²) in [4.78, 5) is 36.6. The van der Waals surface area contributed by atoms with Gasteiger partial charge in [-0.3, -0.25) is 4.79 Å². The Morgan fingerprint density at radius 3 is 2.43 bits per heavy atom. The maximum Gasteiger partial charge on any atom is 0.405 e. The number of nitrogens with one attached hydrogen (secondary N) is 1. The maximum absolute atomic E-state index is 12.2. The number of fused-ring (bicyclic) bond motifs is 1. The molecule has 1 fully saturated rings. The average Bonchev–Trinajstić information content (AvgIpc) is 2.73. The summed E-state index contributed by atoms with van der Waals surface area (Å²) in [5, 5.41) is 11.9. The molecule has 4 rings (SSSR count). The van der Waals surface area contributed by atoms with Gasteiger partial charge in [0.2, 0.25) is 11.9 Å². The van der Waals surface area contributed by atoms with Gasteiger partial charge in [-0.05, 0) is 55.9 Å². The second-order valence-electron chi connectivity index (χ2n) is 8.07. The third-order valence-corrected chi connectivity index (χ3v) is 5.93. The number of carbonyl (C=O) groups excluding carboxylic acids is 1. The second-order valence-corrected chi connectivity index (χ2v) is 8.07. The summed E-state index contributed by atoms with van der Waals surface area (Å²) in [5.74, 6) is 0.693. The molecule has 2 atom stereocenters. The Labute approximate surface area is 175 Å².